The van der Waals surface area contributed by atoms with Crippen LogP contribution in [0.3, 0.4) is 0 Å². The van der Waals surface area contributed by atoms with Gasteiger partial charge >= 0.3 is 0 Å². The summed E-state index contributed by atoms with van der Waals surface area (Å²) in [5.74, 6) is 0.770. The number of benzene rings is 1. The second-order valence-corrected chi connectivity index (χ2v) is 6.81. The van der Waals surface area contributed by atoms with Gasteiger partial charge in [-0.05, 0) is 44.0 Å². The van der Waals surface area contributed by atoms with E-state index in [2.05, 4.69) is 21.2 Å². The van der Waals surface area contributed by atoms with E-state index in [4.69, 9.17) is 10.5 Å². The molecule has 1 aliphatic rings. The number of hydrogen-bond donors (Lipinski definition) is 2. The van der Waals surface area contributed by atoms with E-state index in [0.29, 0.717) is 13.2 Å². The minimum absolute atomic E-state index is 0.0547. The van der Waals surface area contributed by atoms with Crippen LogP contribution < -0.4 is 15.8 Å². The standard InChI is InChI=1S/C16H23BrN2O2/c1-16(18)9-3-2-4-14(16)15(20)19-10-11-21-13-7-5-12(17)6-8-13/h5-8,14H,2-4,9-11,18H2,1H3,(H,19,20). The number of nitrogens with one attached hydrogen (secondary N) is 1. The molecule has 0 spiro atoms. The topological polar surface area (TPSA) is 64.4 Å². The molecule has 4 nitrogen and oxygen atoms in total. The first-order valence-corrected chi connectivity index (χ1v) is 8.23. The van der Waals surface area contributed by atoms with Crippen LogP contribution in [-0.4, -0.2) is 24.6 Å². The van der Waals surface area contributed by atoms with E-state index in [1.165, 1.54) is 0 Å². The molecule has 2 rings (SSSR count). The number of nitrogens with two attached hydrogens (primary N) is 1. The Morgan fingerprint density at radius 3 is 2.81 bits per heavy atom. The van der Waals surface area contributed by atoms with Crippen LogP contribution in [0.25, 0.3) is 0 Å². The van der Waals surface area contributed by atoms with Crippen LogP contribution in [0.5, 0.6) is 5.75 Å². The van der Waals surface area contributed by atoms with Crippen molar-refractivity contribution in [2.45, 2.75) is 38.1 Å². The van der Waals surface area contributed by atoms with Crippen LogP contribution in [-0.2, 0) is 4.79 Å². The molecule has 0 saturated heterocycles. The normalized spacial score (nSPS) is 25.4. The largest absolute Gasteiger partial charge is 0.492 e. The molecular formula is C16H23BrN2O2. The second kappa shape index (κ2) is 7.27. The Hall–Kier alpha value is -1.07. The van der Waals surface area contributed by atoms with E-state index < -0.39 is 0 Å². The minimum Gasteiger partial charge on any atom is -0.492 e. The van der Waals surface area contributed by atoms with Gasteiger partial charge in [0.25, 0.3) is 0 Å². The first kappa shape index (κ1) is 16.3. The van der Waals surface area contributed by atoms with Crippen LogP contribution in [0, 0.1) is 5.92 Å². The maximum absolute atomic E-state index is 12.2. The predicted molar refractivity (Wildman–Crippen MR) is 87.2 cm³/mol. The molecule has 0 bridgehead atoms. The number of carbonyl (C=O) groups is 1. The summed E-state index contributed by atoms with van der Waals surface area (Å²) in [7, 11) is 0. The van der Waals surface area contributed by atoms with Gasteiger partial charge in [-0.1, -0.05) is 28.8 Å². The van der Waals surface area contributed by atoms with Gasteiger partial charge in [0.05, 0.1) is 12.5 Å². The van der Waals surface area contributed by atoms with Crippen molar-refractivity contribution in [1.29, 1.82) is 0 Å². The highest BCUT2D eigenvalue weighted by atomic mass is 79.9. The summed E-state index contributed by atoms with van der Waals surface area (Å²) in [6.45, 7) is 2.94. The quantitative estimate of drug-likeness (QED) is 0.799. The first-order valence-electron chi connectivity index (χ1n) is 7.44. The molecule has 1 aromatic carbocycles. The maximum Gasteiger partial charge on any atom is 0.225 e. The van der Waals surface area contributed by atoms with Gasteiger partial charge in [0.2, 0.25) is 5.91 Å². The summed E-state index contributed by atoms with van der Waals surface area (Å²) in [6, 6.07) is 7.64. The van der Waals surface area contributed by atoms with Crippen molar-refractivity contribution < 1.29 is 9.53 Å². The monoisotopic (exact) mass is 354 g/mol. The van der Waals surface area contributed by atoms with Crippen LogP contribution in [0.2, 0.25) is 0 Å². The van der Waals surface area contributed by atoms with Crippen LogP contribution in [0.15, 0.2) is 28.7 Å². The van der Waals surface area contributed by atoms with Crippen molar-refractivity contribution in [3.05, 3.63) is 28.7 Å². The molecule has 1 amide bonds. The van der Waals surface area contributed by atoms with Crippen molar-refractivity contribution in [2.24, 2.45) is 11.7 Å². The third-order valence-corrected chi connectivity index (χ3v) is 4.58. The number of amides is 1. The average Bonchev–Trinajstić information content (AvgIpc) is 2.45. The van der Waals surface area contributed by atoms with E-state index in [1.807, 2.05) is 31.2 Å². The van der Waals surface area contributed by atoms with Crippen molar-refractivity contribution in [2.75, 3.05) is 13.2 Å². The number of hydrogen-bond acceptors (Lipinski definition) is 3. The predicted octanol–water partition coefficient (Wildman–Crippen LogP) is 2.85. The zero-order valence-electron chi connectivity index (χ0n) is 12.4. The Morgan fingerprint density at radius 1 is 1.43 bits per heavy atom. The molecule has 5 heteroatoms. The van der Waals surface area contributed by atoms with E-state index in [0.717, 1.165) is 35.9 Å². The molecule has 1 aliphatic carbocycles. The Morgan fingerprint density at radius 2 is 2.14 bits per heavy atom. The lowest BCUT2D eigenvalue weighted by molar-refractivity contribution is -0.128. The third kappa shape index (κ3) is 4.71. The number of rotatable bonds is 5. The van der Waals surface area contributed by atoms with Gasteiger partial charge in [0.1, 0.15) is 12.4 Å². The summed E-state index contributed by atoms with van der Waals surface area (Å²) in [5, 5.41) is 2.94. The number of ether oxygens (including phenoxy) is 1. The summed E-state index contributed by atoms with van der Waals surface area (Å²) in [6.07, 6.45) is 4.00. The molecule has 0 heterocycles. The molecule has 21 heavy (non-hydrogen) atoms. The SMILES string of the molecule is CC1(N)CCCCC1C(=O)NCCOc1ccc(Br)cc1. The van der Waals surface area contributed by atoms with Gasteiger partial charge in [-0.25, -0.2) is 0 Å². The van der Waals surface area contributed by atoms with Gasteiger partial charge in [-0.2, -0.15) is 0 Å². The fourth-order valence-electron chi connectivity index (χ4n) is 2.79. The summed E-state index contributed by atoms with van der Waals surface area (Å²) in [5.41, 5.74) is 5.86. The van der Waals surface area contributed by atoms with Crippen molar-refractivity contribution in [3.63, 3.8) is 0 Å². The number of carbonyl (C=O) groups excluding carboxylic acids is 1. The third-order valence-electron chi connectivity index (χ3n) is 4.05. The van der Waals surface area contributed by atoms with Crippen LogP contribution >= 0.6 is 15.9 Å². The second-order valence-electron chi connectivity index (χ2n) is 5.90. The van der Waals surface area contributed by atoms with Gasteiger partial charge in [0.15, 0.2) is 0 Å². The molecule has 1 saturated carbocycles. The minimum atomic E-state index is -0.380. The maximum atomic E-state index is 12.2. The molecule has 1 aromatic rings. The van der Waals surface area contributed by atoms with Gasteiger partial charge in [0, 0.05) is 10.0 Å². The number of halogens is 1. The van der Waals surface area contributed by atoms with Gasteiger partial charge in [-0.3, -0.25) is 4.79 Å². The summed E-state index contributed by atoms with van der Waals surface area (Å²) >= 11 is 3.38. The summed E-state index contributed by atoms with van der Waals surface area (Å²) in [4.78, 5) is 12.2. The average molecular weight is 355 g/mol. The summed E-state index contributed by atoms with van der Waals surface area (Å²) < 4.78 is 6.60. The van der Waals surface area contributed by atoms with Crippen LogP contribution in [0.1, 0.15) is 32.6 Å². The molecule has 3 N–H and O–H groups in total. The molecule has 2 unspecified atom stereocenters. The molecule has 0 radical (unpaired) electrons. The smallest absolute Gasteiger partial charge is 0.225 e. The van der Waals surface area contributed by atoms with E-state index >= 15 is 0 Å². The highest BCUT2D eigenvalue weighted by molar-refractivity contribution is 9.10. The Balaban J connectivity index is 1.73. The zero-order chi connectivity index (χ0) is 15.3. The highest BCUT2D eigenvalue weighted by Gasteiger charge is 2.37. The first-order chi connectivity index (χ1) is 9.99. The molecule has 116 valence electrons. The van der Waals surface area contributed by atoms with Gasteiger partial charge < -0.3 is 15.8 Å². The van der Waals surface area contributed by atoms with Crippen molar-refractivity contribution in [1.82, 2.24) is 5.32 Å². The zero-order valence-corrected chi connectivity index (χ0v) is 14.0. The Labute approximate surface area is 134 Å². The molecule has 0 aromatic heterocycles. The lowest BCUT2D eigenvalue weighted by Crippen LogP contribution is -2.53. The fourth-order valence-corrected chi connectivity index (χ4v) is 3.05. The lowest BCUT2D eigenvalue weighted by atomic mass is 9.74. The van der Waals surface area contributed by atoms with Gasteiger partial charge in [-0.15, -0.1) is 0 Å². The highest BCUT2D eigenvalue weighted by Crippen LogP contribution is 2.31. The Kier molecular flexibility index (Phi) is 5.65. The lowest BCUT2D eigenvalue weighted by Gasteiger charge is -2.37. The molecule has 2 atom stereocenters. The van der Waals surface area contributed by atoms with Crippen molar-refractivity contribution >= 4 is 21.8 Å². The Bertz CT molecular complexity index is 474. The van der Waals surface area contributed by atoms with Crippen molar-refractivity contribution in [3.8, 4) is 5.75 Å². The van der Waals surface area contributed by atoms with E-state index in [-0.39, 0.29) is 17.4 Å². The van der Waals surface area contributed by atoms with Crippen LogP contribution in [0.4, 0.5) is 0 Å². The molecule has 0 aliphatic heterocycles. The van der Waals surface area contributed by atoms with E-state index in [1.54, 1.807) is 0 Å². The fraction of sp³-hybridized carbons (Fsp3) is 0.562. The van der Waals surface area contributed by atoms with E-state index in [9.17, 15) is 4.79 Å². The molecule has 1 fully saturated rings. The molecular weight excluding hydrogens is 332 g/mol.